The Hall–Kier alpha value is -2.79. The Labute approximate surface area is 448 Å². The van der Waals surface area contributed by atoms with Gasteiger partial charge in [-0.1, -0.05) is 59.3 Å². The van der Waals surface area contributed by atoms with E-state index in [1.54, 1.807) is 19.9 Å². The molecule has 3 aliphatic heterocycles. The van der Waals surface area contributed by atoms with Crippen LogP contribution in [0.3, 0.4) is 0 Å². The highest BCUT2D eigenvalue weighted by Crippen LogP contribution is 2.76. The maximum Gasteiger partial charge on any atom is 0.335 e. The molecule has 0 aromatic heterocycles. The van der Waals surface area contributed by atoms with Crippen LogP contribution in [0, 0.1) is 50.2 Å². The van der Waals surface area contributed by atoms with Crippen LogP contribution < -0.4 is 0 Å². The van der Waals surface area contributed by atoms with Crippen LogP contribution >= 0.6 is 0 Å². The van der Waals surface area contributed by atoms with E-state index in [2.05, 4.69) is 26.8 Å². The first-order valence-electron chi connectivity index (χ1n) is 27.1. The SMILES string of the molecule is C/C=C(/C)C(=O)O[C@@H]1[C@@H](OC(C)=O)[C@]2(CO)[C@@H](O)C[C@@]3(C)C(=CC[C@H]4[C@@]5(C)CC[C@H](O[C@H]6O[C@@H](C(=O)O)[C@@H](O[C@H]7O[C@@H](CO)[C@H](O)[C@@H](O)[C@@H]7O)[C@H](O)[C@H]6O[C@H]6OC[C@@H](O)[C@@H](O)[C@H]6O)[C@@](C)(CO)[C@@H]5CC[C@]43C)[C@@H]2CC1(C)C. The van der Waals surface area contributed by atoms with E-state index in [0.717, 1.165) is 5.57 Å². The molecule has 23 nitrogen and oxygen atoms in total. The normalized spacial score (nSPS) is 50.7. The topological polar surface area (TPSA) is 368 Å². The Balaban J connectivity index is 1.11. The maximum atomic E-state index is 13.4. The van der Waals surface area contributed by atoms with Gasteiger partial charge in [0.2, 0.25) is 0 Å². The number of esters is 2. The van der Waals surface area contributed by atoms with Crippen molar-refractivity contribution in [1.82, 2.24) is 0 Å². The lowest BCUT2D eigenvalue weighted by Gasteiger charge is -2.72. The van der Waals surface area contributed by atoms with E-state index in [4.69, 9.17) is 37.9 Å². The number of carbonyl (C=O) groups is 3. The lowest BCUT2D eigenvalue weighted by Crippen LogP contribution is -2.72. The summed E-state index contributed by atoms with van der Waals surface area (Å²) in [4.78, 5) is 39.4. The zero-order valence-corrected chi connectivity index (χ0v) is 45.4. The molecule has 438 valence electrons. The van der Waals surface area contributed by atoms with Crippen molar-refractivity contribution < 1.29 is 114 Å². The van der Waals surface area contributed by atoms with E-state index in [9.17, 15) is 75.7 Å². The summed E-state index contributed by atoms with van der Waals surface area (Å²) >= 11 is 0. The first-order valence-corrected chi connectivity index (χ1v) is 27.1. The van der Waals surface area contributed by atoms with E-state index in [1.807, 2.05) is 20.8 Å². The summed E-state index contributed by atoms with van der Waals surface area (Å²) in [5.74, 6) is -3.76. The first kappa shape index (κ1) is 60.3. The highest BCUT2D eigenvalue weighted by atomic mass is 16.8. The average molecular weight is 1100 g/mol. The third kappa shape index (κ3) is 9.64. The van der Waals surface area contributed by atoms with Crippen molar-refractivity contribution in [3.8, 4) is 0 Å². The molecule has 3 heterocycles. The first-order chi connectivity index (χ1) is 36.0. The number of rotatable bonds is 13. The Morgan fingerprint density at radius 2 is 1.38 bits per heavy atom. The molecule has 8 rings (SSSR count). The van der Waals surface area contributed by atoms with E-state index in [-0.39, 0.29) is 24.7 Å². The molecule has 0 bridgehead atoms. The van der Waals surface area contributed by atoms with Gasteiger partial charge in [0.15, 0.2) is 25.0 Å². The predicted octanol–water partition coefficient (Wildman–Crippen LogP) is -0.682. The Morgan fingerprint density at radius 1 is 0.714 bits per heavy atom. The molecule has 7 fully saturated rings. The molecule has 8 aliphatic rings. The van der Waals surface area contributed by atoms with Crippen LogP contribution in [0.2, 0.25) is 0 Å². The van der Waals surface area contributed by atoms with Crippen molar-refractivity contribution in [3.05, 3.63) is 23.3 Å². The smallest absolute Gasteiger partial charge is 0.335 e. The number of aliphatic hydroxyl groups excluding tert-OH is 11. The molecule has 77 heavy (non-hydrogen) atoms. The van der Waals surface area contributed by atoms with E-state index < -0.39 is 193 Å². The molecule has 0 radical (unpaired) electrons. The molecular weight excluding hydrogens is 1020 g/mol. The third-order valence-electron chi connectivity index (χ3n) is 20.7. The summed E-state index contributed by atoms with van der Waals surface area (Å²) in [6, 6.07) is 0. The molecule has 5 aliphatic carbocycles. The minimum absolute atomic E-state index is 0.0613. The van der Waals surface area contributed by atoms with Crippen molar-refractivity contribution in [2.24, 2.45) is 50.2 Å². The van der Waals surface area contributed by atoms with Gasteiger partial charge in [-0.25, -0.2) is 9.59 Å². The summed E-state index contributed by atoms with van der Waals surface area (Å²) in [5, 5.41) is 132. The second-order valence-corrected chi connectivity index (χ2v) is 25.1. The molecule has 4 saturated carbocycles. The van der Waals surface area contributed by atoms with Gasteiger partial charge >= 0.3 is 17.9 Å². The third-order valence-corrected chi connectivity index (χ3v) is 20.7. The number of allylic oxidation sites excluding steroid dienone is 3. The Morgan fingerprint density at radius 3 is 1.99 bits per heavy atom. The van der Waals surface area contributed by atoms with Crippen molar-refractivity contribution in [1.29, 1.82) is 0 Å². The molecule has 12 N–H and O–H groups in total. The molecule has 3 saturated heterocycles. The Bertz CT molecular complexity index is 2240. The van der Waals surface area contributed by atoms with Gasteiger partial charge < -0.3 is 99.2 Å². The van der Waals surface area contributed by atoms with E-state index in [0.29, 0.717) is 37.7 Å². The van der Waals surface area contributed by atoms with Crippen LogP contribution in [0.5, 0.6) is 0 Å². The number of carbonyl (C=O) groups excluding carboxylic acids is 2. The van der Waals surface area contributed by atoms with Gasteiger partial charge in [-0.15, -0.1) is 0 Å². The number of fused-ring (bicyclic) bond motifs is 7. The number of aliphatic carboxylic acids is 1. The van der Waals surface area contributed by atoms with Crippen LogP contribution in [0.4, 0.5) is 0 Å². The molecular formula is C54H84O23. The van der Waals surface area contributed by atoms with Crippen LogP contribution in [0.25, 0.3) is 0 Å². The van der Waals surface area contributed by atoms with Crippen molar-refractivity contribution >= 4 is 17.9 Å². The molecule has 0 aromatic carbocycles. The summed E-state index contributed by atoms with van der Waals surface area (Å²) < 4.78 is 48.0. The molecule has 0 aromatic rings. The maximum absolute atomic E-state index is 13.4. The quantitative estimate of drug-likeness (QED) is 0.0470. The fourth-order valence-electron chi connectivity index (χ4n) is 16.0. The van der Waals surface area contributed by atoms with Crippen LogP contribution in [-0.4, -0.2) is 216 Å². The minimum Gasteiger partial charge on any atom is -0.479 e. The standard InChI is InChI=1S/C54H84O23/c1-10-23(2)45(69)77-42-43(71-24(3)58)54(22-57)26(17-49(42,4)5)25-11-12-30-50(6)15-14-32(51(7,21-56)29(50)13-16-52(30,8)53(25,9)18-31(54)60)73-48-40(75-46-36(64)33(61)27(59)20-70-46)38(66)39(41(76-48)44(67)68)74-47-37(65)35(63)34(62)28(19-55)72-47/h10-11,26-43,46-48,55-57,59-66H,12-22H2,1-9H3,(H,67,68)/b23-10-/t26-,27+,28-,29+,30-,31-,32-,33+,34-,35+,36+,37-,38-,39-,40+,41+,42+,43+,46+,47+,48-,50-,51-,52+,53-,54-/m0/s1. The monoisotopic (exact) mass is 1100 g/mol. The number of aliphatic hydroxyl groups is 11. The second-order valence-electron chi connectivity index (χ2n) is 25.1. The van der Waals surface area contributed by atoms with Gasteiger partial charge in [0.05, 0.1) is 44.1 Å². The van der Waals surface area contributed by atoms with Crippen LogP contribution in [0.1, 0.15) is 107 Å². The van der Waals surface area contributed by atoms with E-state index >= 15 is 0 Å². The fraction of sp³-hybridized carbons (Fsp3) is 0.870. The summed E-state index contributed by atoms with van der Waals surface area (Å²) in [6.07, 6.45) is -23.5. The second kappa shape index (κ2) is 21.8. The lowest BCUT2D eigenvalue weighted by molar-refractivity contribution is -0.387. The van der Waals surface area contributed by atoms with Gasteiger partial charge in [-0.3, -0.25) is 4.79 Å². The average Bonchev–Trinajstić information content (AvgIpc) is 3.56. The number of carboxylic acid groups (broad SMARTS) is 1. The van der Waals surface area contributed by atoms with Gasteiger partial charge in [0.25, 0.3) is 0 Å². The zero-order valence-electron chi connectivity index (χ0n) is 45.4. The predicted molar refractivity (Wildman–Crippen MR) is 263 cm³/mol. The van der Waals surface area contributed by atoms with Crippen molar-refractivity contribution in [3.63, 3.8) is 0 Å². The van der Waals surface area contributed by atoms with Gasteiger partial charge in [0, 0.05) is 23.3 Å². The van der Waals surface area contributed by atoms with Crippen molar-refractivity contribution in [2.45, 2.75) is 218 Å². The molecule has 0 unspecified atom stereocenters. The Kier molecular flexibility index (Phi) is 17.1. The van der Waals surface area contributed by atoms with E-state index in [1.165, 1.54) is 6.92 Å². The molecule has 26 atom stereocenters. The number of hydrogen-bond donors (Lipinski definition) is 12. The number of ether oxygens (including phenoxy) is 8. The van der Waals surface area contributed by atoms with Gasteiger partial charge in [-0.2, -0.15) is 0 Å². The highest BCUT2D eigenvalue weighted by Gasteiger charge is 2.74. The van der Waals surface area contributed by atoms with Crippen LogP contribution in [0.15, 0.2) is 23.3 Å². The molecule has 0 spiro atoms. The van der Waals surface area contributed by atoms with Crippen LogP contribution in [-0.2, 0) is 52.3 Å². The van der Waals surface area contributed by atoms with Gasteiger partial charge in [-0.05, 0) is 92.8 Å². The summed E-state index contributed by atoms with van der Waals surface area (Å²) in [7, 11) is 0. The van der Waals surface area contributed by atoms with Crippen molar-refractivity contribution in [2.75, 3.05) is 26.4 Å². The molecule has 23 heteroatoms. The molecule has 0 amide bonds. The largest absolute Gasteiger partial charge is 0.479 e. The lowest BCUT2D eigenvalue weighted by atomic mass is 9.33. The summed E-state index contributed by atoms with van der Waals surface area (Å²) in [5.41, 5.74) is -3.63. The zero-order chi connectivity index (χ0) is 56.9. The fourth-order valence-corrected chi connectivity index (χ4v) is 16.0. The number of carboxylic acids is 1. The van der Waals surface area contributed by atoms with Gasteiger partial charge in [0.1, 0.15) is 73.2 Å². The summed E-state index contributed by atoms with van der Waals surface area (Å²) in [6.45, 7) is 14.6. The number of hydrogen-bond acceptors (Lipinski definition) is 22. The highest BCUT2D eigenvalue weighted by molar-refractivity contribution is 5.87. The minimum atomic E-state index is -2.11.